The Labute approximate surface area is 90.0 Å². The van der Waals surface area contributed by atoms with E-state index in [1.165, 1.54) is 6.42 Å². The van der Waals surface area contributed by atoms with Crippen molar-refractivity contribution in [3.05, 3.63) is 0 Å². The quantitative estimate of drug-likeness (QED) is 0.654. The molecule has 3 aliphatic heterocycles. The van der Waals surface area contributed by atoms with Gasteiger partial charge in [0.2, 0.25) is 5.91 Å². The van der Waals surface area contributed by atoms with E-state index in [0.29, 0.717) is 24.5 Å². The van der Waals surface area contributed by atoms with Crippen molar-refractivity contribution in [2.24, 2.45) is 11.8 Å². The summed E-state index contributed by atoms with van der Waals surface area (Å²) in [6.07, 6.45) is 2.15. The molecule has 1 N–H and O–H groups in total. The number of ether oxygens (including phenoxy) is 1. The molecule has 4 nitrogen and oxygen atoms in total. The van der Waals surface area contributed by atoms with Crippen molar-refractivity contribution in [2.75, 3.05) is 32.8 Å². The van der Waals surface area contributed by atoms with E-state index in [4.69, 9.17) is 4.74 Å². The topological polar surface area (TPSA) is 41.6 Å². The van der Waals surface area contributed by atoms with Crippen LogP contribution in [0.4, 0.5) is 0 Å². The maximum Gasteiger partial charge on any atom is 0.228 e. The molecule has 0 bridgehead atoms. The van der Waals surface area contributed by atoms with Crippen LogP contribution in [0, 0.1) is 11.8 Å². The van der Waals surface area contributed by atoms with Crippen LogP contribution in [0.3, 0.4) is 0 Å². The van der Waals surface area contributed by atoms with Gasteiger partial charge in [-0.3, -0.25) is 4.79 Å². The molecule has 3 aliphatic rings. The highest BCUT2D eigenvalue weighted by atomic mass is 16.5. The number of hydrogen-bond acceptors (Lipinski definition) is 3. The number of nitrogens with zero attached hydrogens (tertiary/aromatic N) is 1. The van der Waals surface area contributed by atoms with Crippen LogP contribution in [-0.4, -0.2) is 49.7 Å². The SMILES string of the molecule is O=C([C@H]1CCOC1)N1C[C@H]2CCN[C@H]2C1. The molecule has 0 aromatic carbocycles. The number of amides is 1. The lowest BCUT2D eigenvalue weighted by Crippen LogP contribution is -2.37. The average molecular weight is 210 g/mol. The van der Waals surface area contributed by atoms with Gasteiger partial charge in [-0.2, -0.15) is 0 Å². The van der Waals surface area contributed by atoms with Crippen LogP contribution in [0.2, 0.25) is 0 Å². The molecule has 0 radical (unpaired) electrons. The van der Waals surface area contributed by atoms with E-state index < -0.39 is 0 Å². The van der Waals surface area contributed by atoms with Gasteiger partial charge in [-0.15, -0.1) is 0 Å². The van der Waals surface area contributed by atoms with E-state index in [1.54, 1.807) is 0 Å². The Kier molecular flexibility index (Phi) is 2.41. The Bertz CT molecular complexity index is 251. The highest BCUT2D eigenvalue weighted by Gasteiger charge is 2.40. The summed E-state index contributed by atoms with van der Waals surface area (Å²) in [5.41, 5.74) is 0. The number of carbonyl (C=O) groups excluding carboxylic acids is 1. The molecule has 3 fully saturated rings. The summed E-state index contributed by atoms with van der Waals surface area (Å²) in [4.78, 5) is 14.1. The lowest BCUT2D eigenvalue weighted by molar-refractivity contribution is -0.134. The van der Waals surface area contributed by atoms with E-state index in [-0.39, 0.29) is 5.92 Å². The molecule has 15 heavy (non-hydrogen) atoms. The molecule has 0 aromatic heterocycles. The molecular weight excluding hydrogens is 192 g/mol. The fourth-order valence-corrected chi connectivity index (χ4v) is 3.02. The van der Waals surface area contributed by atoms with Crippen molar-refractivity contribution in [2.45, 2.75) is 18.9 Å². The molecule has 0 saturated carbocycles. The van der Waals surface area contributed by atoms with Gasteiger partial charge in [0.15, 0.2) is 0 Å². The van der Waals surface area contributed by atoms with Crippen molar-refractivity contribution in [1.29, 1.82) is 0 Å². The van der Waals surface area contributed by atoms with Crippen LogP contribution in [0.1, 0.15) is 12.8 Å². The van der Waals surface area contributed by atoms with E-state index >= 15 is 0 Å². The maximum absolute atomic E-state index is 12.1. The predicted molar refractivity (Wildman–Crippen MR) is 55.4 cm³/mol. The first-order valence-corrected chi connectivity index (χ1v) is 5.94. The Morgan fingerprint density at radius 1 is 1.33 bits per heavy atom. The van der Waals surface area contributed by atoms with Crippen LogP contribution in [0.5, 0.6) is 0 Å². The maximum atomic E-state index is 12.1. The molecule has 0 aliphatic carbocycles. The van der Waals surface area contributed by atoms with Gasteiger partial charge < -0.3 is 15.0 Å². The molecule has 4 heteroatoms. The molecule has 3 saturated heterocycles. The third-order valence-corrected chi connectivity index (χ3v) is 3.95. The number of likely N-dealkylation sites (tertiary alicyclic amines) is 1. The number of rotatable bonds is 1. The largest absolute Gasteiger partial charge is 0.381 e. The molecule has 0 unspecified atom stereocenters. The summed E-state index contributed by atoms with van der Waals surface area (Å²) in [7, 11) is 0. The van der Waals surface area contributed by atoms with E-state index in [9.17, 15) is 4.79 Å². The first-order valence-electron chi connectivity index (χ1n) is 5.94. The second kappa shape index (κ2) is 3.76. The van der Waals surface area contributed by atoms with Crippen LogP contribution in [0.15, 0.2) is 0 Å². The molecule has 1 amide bonds. The van der Waals surface area contributed by atoms with Crippen molar-refractivity contribution in [3.8, 4) is 0 Å². The highest BCUT2D eigenvalue weighted by molar-refractivity contribution is 5.79. The summed E-state index contributed by atoms with van der Waals surface area (Å²) in [6.45, 7) is 4.41. The Morgan fingerprint density at radius 2 is 2.27 bits per heavy atom. The molecule has 0 spiro atoms. The van der Waals surface area contributed by atoms with Crippen molar-refractivity contribution >= 4 is 5.91 Å². The standard InChI is InChI=1S/C11H18N2O2/c14-11(9-2-4-15-7-9)13-5-8-1-3-12-10(8)6-13/h8-10,12H,1-7H2/t8-,9+,10+/m1/s1. The highest BCUT2D eigenvalue weighted by Crippen LogP contribution is 2.27. The van der Waals surface area contributed by atoms with E-state index in [2.05, 4.69) is 5.32 Å². The fraction of sp³-hybridized carbons (Fsp3) is 0.909. The number of hydrogen-bond donors (Lipinski definition) is 1. The molecule has 3 atom stereocenters. The average Bonchev–Trinajstić information content (AvgIpc) is 2.92. The minimum Gasteiger partial charge on any atom is -0.381 e. The Hall–Kier alpha value is -0.610. The Morgan fingerprint density at radius 3 is 3.00 bits per heavy atom. The van der Waals surface area contributed by atoms with Crippen LogP contribution < -0.4 is 5.32 Å². The zero-order chi connectivity index (χ0) is 10.3. The Balaban J connectivity index is 1.61. The second-order valence-corrected chi connectivity index (χ2v) is 4.91. The smallest absolute Gasteiger partial charge is 0.228 e. The minimum absolute atomic E-state index is 0.142. The molecule has 3 heterocycles. The second-order valence-electron chi connectivity index (χ2n) is 4.91. The first kappa shape index (κ1) is 9.60. The van der Waals surface area contributed by atoms with Crippen molar-refractivity contribution in [3.63, 3.8) is 0 Å². The van der Waals surface area contributed by atoms with Crippen molar-refractivity contribution < 1.29 is 9.53 Å². The number of fused-ring (bicyclic) bond motifs is 1. The zero-order valence-corrected chi connectivity index (χ0v) is 8.95. The first-order chi connectivity index (χ1) is 7.34. The predicted octanol–water partition coefficient (Wildman–Crippen LogP) is -0.157. The third kappa shape index (κ3) is 1.66. The van der Waals surface area contributed by atoms with E-state index in [0.717, 1.165) is 32.7 Å². The van der Waals surface area contributed by atoms with Gasteiger partial charge in [-0.1, -0.05) is 0 Å². The minimum atomic E-state index is 0.142. The number of nitrogens with one attached hydrogen (secondary N) is 1. The summed E-state index contributed by atoms with van der Waals surface area (Å²) < 4.78 is 5.27. The molecule has 3 rings (SSSR count). The van der Waals surface area contributed by atoms with Gasteiger partial charge >= 0.3 is 0 Å². The van der Waals surface area contributed by atoms with Gasteiger partial charge in [0.25, 0.3) is 0 Å². The molecular formula is C11H18N2O2. The fourth-order valence-electron chi connectivity index (χ4n) is 3.02. The number of carbonyl (C=O) groups is 1. The third-order valence-electron chi connectivity index (χ3n) is 3.95. The monoisotopic (exact) mass is 210 g/mol. The normalized spacial score (nSPS) is 39.7. The van der Waals surface area contributed by atoms with Gasteiger partial charge in [-0.25, -0.2) is 0 Å². The summed E-state index contributed by atoms with van der Waals surface area (Å²) in [6, 6.07) is 0.566. The summed E-state index contributed by atoms with van der Waals surface area (Å²) in [5.74, 6) is 1.17. The van der Waals surface area contributed by atoms with E-state index in [1.807, 2.05) is 4.90 Å². The molecule has 84 valence electrons. The van der Waals surface area contributed by atoms with Gasteiger partial charge in [-0.05, 0) is 25.3 Å². The van der Waals surface area contributed by atoms with Gasteiger partial charge in [0.05, 0.1) is 12.5 Å². The molecule has 0 aromatic rings. The summed E-state index contributed by atoms with van der Waals surface area (Å²) >= 11 is 0. The van der Waals surface area contributed by atoms with Gasteiger partial charge in [0, 0.05) is 25.7 Å². The van der Waals surface area contributed by atoms with Crippen LogP contribution in [-0.2, 0) is 9.53 Å². The summed E-state index contributed by atoms with van der Waals surface area (Å²) in [5, 5.41) is 3.47. The van der Waals surface area contributed by atoms with Crippen molar-refractivity contribution in [1.82, 2.24) is 10.2 Å². The zero-order valence-electron chi connectivity index (χ0n) is 8.95. The lowest BCUT2D eigenvalue weighted by atomic mass is 10.1. The van der Waals surface area contributed by atoms with Crippen LogP contribution >= 0.6 is 0 Å². The lowest BCUT2D eigenvalue weighted by Gasteiger charge is -2.20. The van der Waals surface area contributed by atoms with Gasteiger partial charge in [0.1, 0.15) is 0 Å². The van der Waals surface area contributed by atoms with Crippen LogP contribution in [0.25, 0.3) is 0 Å².